The van der Waals surface area contributed by atoms with Crippen LogP contribution in [-0.4, -0.2) is 24.1 Å². The molecule has 0 saturated carbocycles. The molecular formula is C23H24N2O3S. The first-order valence-corrected chi connectivity index (χ1v) is 10.5. The number of ether oxygens (including phenoxy) is 2. The molecule has 1 amide bonds. The summed E-state index contributed by atoms with van der Waals surface area (Å²) in [5.41, 5.74) is 2.17. The van der Waals surface area contributed by atoms with Crippen LogP contribution in [0.3, 0.4) is 0 Å². The molecule has 0 aliphatic carbocycles. The second-order valence-electron chi connectivity index (χ2n) is 7.62. The topological polar surface area (TPSA) is 60.5 Å². The lowest BCUT2D eigenvalue weighted by atomic mass is 9.83. The second kappa shape index (κ2) is 7.87. The smallest absolute Gasteiger partial charge is 0.230 e. The normalized spacial score (nSPS) is 14.3. The predicted octanol–water partition coefficient (Wildman–Crippen LogP) is 4.74. The highest BCUT2D eigenvalue weighted by molar-refractivity contribution is 7.10. The van der Waals surface area contributed by atoms with E-state index in [-0.39, 0.29) is 11.9 Å². The molecule has 150 valence electrons. The minimum Gasteiger partial charge on any atom is -0.486 e. The molecule has 0 spiro atoms. The standard InChI is InChI=1S/C23H24N2O3S/c1-15(21-25-18(14-29-21)16-7-5-4-6-8-16)24-22(26)23(2,3)17-9-10-19-20(13-17)28-12-11-27-19/h4-10,13-15H,11-12H2,1-3H3,(H,24,26)/t15-/m1/s1. The summed E-state index contributed by atoms with van der Waals surface area (Å²) in [5.74, 6) is 1.36. The average Bonchev–Trinajstić information content (AvgIpc) is 3.24. The third kappa shape index (κ3) is 3.98. The third-order valence-electron chi connectivity index (χ3n) is 5.14. The largest absolute Gasteiger partial charge is 0.486 e. The van der Waals surface area contributed by atoms with Crippen molar-refractivity contribution in [3.8, 4) is 22.8 Å². The van der Waals surface area contributed by atoms with Crippen molar-refractivity contribution >= 4 is 17.2 Å². The molecule has 2 heterocycles. The molecule has 0 radical (unpaired) electrons. The van der Waals surface area contributed by atoms with Crippen LogP contribution in [0, 0.1) is 0 Å². The Hall–Kier alpha value is -2.86. The number of carbonyl (C=O) groups is 1. The minimum absolute atomic E-state index is 0.0573. The summed E-state index contributed by atoms with van der Waals surface area (Å²) in [6.07, 6.45) is 0. The van der Waals surface area contributed by atoms with E-state index in [1.54, 1.807) is 11.3 Å². The highest BCUT2D eigenvalue weighted by atomic mass is 32.1. The van der Waals surface area contributed by atoms with Gasteiger partial charge in [-0.05, 0) is 38.5 Å². The highest BCUT2D eigenvalue weighted by Gasteiger charge is 2.32. The van der Waals surface area contributed by atoms with Crippen molar-refractivity contribution in [3.63, 3.8) is 0 Å². The first kappa shape index (κ1) is 19.5. The first-order chi connectivity index (χ1) is 13.9. The maximum absolute atomic E-state index is 13.1. The van der Waals surface area contributed by atoms with Crippen molar-refractivity contribution in [1.29, 1.82) is 0 Å². The summed E-state index contributed by atoms with van der Waals surface area (Å²) in [7, 11) is 0. The predicted molar refractivity (Wildman–Crippen MR) is 115 cm³/mol. The molecule has 6 heteroatoms. The number of carbonyl (C=O) groups excluding carboxylic acids is 1. The van der Waals surface area contributed by atoms with Gasteiger partial charge in [0.05, 0.1) is 17.2 Å². The average molecular weight is 409 g/mol. The van der Waals surface area contributed by atoms with Gasteiger partial charge in [0.1, 0.15) is 18.2 Å². The number of rotatable bonds is 5. The van der Waals surface area contributed by atoms with E-state index in [0.29, 0.717) is 19.0 Å². The van der Waals surface area contributed by atoms with Crippen LogP contribution in [0.1, 0.15) is 37.4 Å². The lowest BCUT2D eigenvalue weighted by Gasteiger charge is -2.27. The summed E-state index contributed by atoms with van der Waals surface area (Å²) in [5, 5.41) is 6.03. The van der Waals surface area contributed by atoms with Gasteiger partial charge >= 0.3 is 0 Å². The molecule has 0 unspecified atom stereocenters. The Bertz CT molecular complexity index is 1010. The van der Waals surface area contributed by atoms with Crippen LogP contribution >= 0.6 is 11.3 Å². The zero-order valence-electron chi connectivity index (χ0n) is 16.8. The number of benzene rings is 2. The summed E-state index contributed by atoms with van der Waals surface area (Å²) in [6, 6.07) is 15.6. The molecule has 0 fully saturated rings. The van der Waals surface area contributed by atoms with Gasteiger partial charge in [0.2, 0.25) is 5.91 Å². The molecule has 4 rings (SSSR count). The van der Waals surface area contributed by atoms with Gasteiger partial charge in [-0.2, -0.15) is 0 Å². The van der Waals surface area contributed by atoms with E-state index in [1.807, 2.05) is 74.7 Å². The van der Waals surface area contributed by atoms with Crippen molar-refractivity contribution < 1.29 is 14.3 Å². The number of thiazole rings is 1. The maximum atomic E-state index is 13.1. The Morgan fingerprint density at radius 2 is 1.83 bits per heavy atom. The van der Waals surface area contributed by atoms with Gasteiger partial charge in [-0.25, -0.2) is 4.98 Å². The number of aromatic nitrogens is 1. The Morgan fingerprint density at radius 1 is 1.10 bits per heavy atom. The molecule has 29 heavy (non-hydrogen) atoms. The van der Waals surface area contributed by atoms with Crippen molar-refractivity contribution in [2.45, 2.75) is 32.2 Å². The van der Waals surface area contributed by atoms with Crippen molar-refractivity contribution in [2.24, 2.45) is 0 Å². The van der Waals surface area contributed by atoms with Gasteiger partial charge < -0.3 is 14.8 Å². The van der Waals surface area contributed by atoms with Crippen LogP contribution in [0.4, 0.5) is 0 Å². The molecule has 3 aromatic rings. The third-order valence-corrected chi connectivity index (χ3v) is 6.17. The molecule has 1 atom stereocenters. The quantitative estimate of drug-likeness (QED) is 0.663. The van der Waals surface area contributed by atoms with Crippen molar-refractivity contribution in [1.82, 2.24) is 10.3 Å². The minimum atomic E-state index is -0.719. The molecule has 5 nitrogen and oxygen atoms in total. The lowest BCUT2D eigenvalue weighted by molar-refractivity contribution is -0.126. The van der Waals surface area contributed by atoms with Crippen LogP contribution in [0.25, 0.3) is 11.3 Å². The molecule has 1 aromatic heterocycles. The first-order valence-electron chi connectivity index (χ1n) is 9.67. The maximum Gasteiger partial charge on any atom is 0.230 e. The number of hydrogen-bond donors (Lipinski definition) is 1. The van der Waals surface area contributed by atoms with Gasteiger partial charge in [0, 0.05) is 10.9 Å². The fourth-order valence-corrected chi connectivity index (χ4v) is 4.07. The SMILES string of the molecule is C[C@@H](NC(=O)C(C)(C)c1ccc2c(c1)OCCO2)c1nc(-c2ccccc2)cs1. The Balaban J connectivity index is 1.49. The zero-order valence-corrected chi connectivity index (χ0v) is 17.6. The van der Waals surface area contributed by atoms with Crippen LogP contribution < -0.4 is 14.8 Å². The van der Waals surface area contributed by atoms with Crippen LogP contribution in [0.15, 0.2) is 53.9 Å². The summed E-state index contributed by atoms with van der Waals surface area (Å²) >= 11 is 1.56. The van der Waals surface area contributed by atoms with E-state index in [4.69, 9.17) is 14.5 Å². The van der Waals surface area contributed by atoms with Gasteiger partial charge in [0.25, 0.3) is 0 Å². The van der Waals surface area contributed by atoms with E-state index in [0.717, 1.165) is 27.6 Å². The molecule has 1 N–H and O–H groups in total. The molecule has 0 saturated heterocycles. The van der Waals surface area contributed by atoms with Crippen molar-refractivity contribution in [3.05, 3.63) is 64.5 Å². The fraction of sp³-hybridized carbons (Fsp3) is 0.304. The van der Waals surface area contributed by atoms with Crippen molar-refractivity contribution in [2.75, 3.05) is 13.2 Å². The van der Waals surface area contributed by atoms with Crippen LogP contribution in [0.5, 0.6) is 11.5 Å². The van der Waals surface area contributed by atoms with Gasteiger partial charge in [0.15, 0.2) is 11.5 Å². The number of nitrogens with one attached hydrogen (secondary N) is 1. The molecule has 0 bridgehead atoms. The fourth-order valence-electron chi connectivity index (χ4n) is 3.23. The van der Waals surface area contributed by atoms with Gasteiger partial charge in [-0.3, -0.25) is 4.79 Å². The molecule has 1 aliphatic heterocycles. The summed E-state index contributed by atoms with van der Waals surface area (Å²) < 4.78 is 11.2. The number of amides is 1. The van der Waals surface area contributed by atoms with Crippen LogP contribution in [0.2, 0.25) is 0 Å². The van der Waals surface area contributed by atoms with E-state index in [9.17, 15) is 4.79 Å². The lowest BCUT2D eigenvalue weighted by Crippen LogP contribution is -2.41. The van der Waals surface area contributed by atoms with Crippen LogP contribution in [-0.2, 0) is 10.2 Å². The van der Waals surface area contributed by atoms with E-state index < -0.39 is 5.41 Å². The number of fused-ring (bicyclic) bond motifs is 1. The van der Waals surface area contributed by atoms with Gasteiger partial charge in [-0.1, -0.05) is 36.4 Å². The van der Waals surface area contributed by atoms with E-state index >= 15 is 0 Å². The summed E-state index contributed by atoms with van der Waals surface area (Å²) in [4.78, 5) is 17.8. The second-order valence-corrected chi connectivity index (χ2v) is 8.51. The molecule has 2 aromatic carbocycles. The zero-order chi connectivity index (χ0) is 20.4. The van der Waals surface area contributed by atoms with E-state index in [1.165, 1.54) is 0 Å². The highest BCUT2D eigenvalue weighted by Crippen LogP contribution is 2.35. The molecule has 1 aliphatic rings. The number of nitrogens with zero attached hydrogens (tertiary/aromatic N) is 1. The monoisotopic (exact) mass is 408 g/mol. The van der Waals surface area contributed by atoms with Gasteiger partial charge in [-0.15, -0.1) is 11.3 Å². The Labute approximate surface area is 174 Å². The summed E-state index contributed by atoms with van der Waals surface area (Å²) in [6.45, 7) is 6.86. The van der Waals surface area contributed by atoms with E-state index in [2.05, 4.69) is 5.32 Å². The number of hydrogen-bond acceptors (Lipinski definition) is 5. The Morgan fingerprint density at radius 3 is 2.59 bits per heavy atom. The molecular weight excluding hydrogens is 384 g/mol. The Kier molecular flexibility index (Phi) is 5.28.